The Hall–Kier alpha value is -2.49. The van der Waals surface area contributed by atoms with Crippen LogP contribution in [0.3, 0.4) is 0 Å². The standard InChI is InChI=1S/C17H20N2O2/c1-4-12-7-5-6-11(2)16(12)19-17(20)13-8-9-15(21-3)14(18)10-13/h5-10H,4,18H2,1-3H3,(H,19,20). The van der Waals surface area contributed by atoms with Crippen LogP contribution in [-0.4, -0.2) is 13.0 Å². The van der Waals surface area contributed by atoms with Crippen LogP contribution in [0.15, 0.2) is 36.4 Å². The fourth-order valence-corrected chi connectivity index (χ4v) is 2.26. The topological polar surface area (TPSA) is 64.3 Å². The fourth-order valence-electron chi connectivity index (χ4n) is 2.26. The molecule has 110 valence electrons. The molecule has 0 bridgehead atoms. The highest BCUT2D eigenvalue weighted by Gasteiger charge is 2.12. The maximum Gasteiger partial charge on any atom is 0.255 e. The molecule has 0 aromatic heterocycles. The van der Waals surface area contributed by atoms with Crippen LogP contribution >= 0.6 is 0 Å². The first kappa shape index (κ1) is 14.9. The third kappa shape index (κ3) is 3.16. The molecule has 2 rings (SSSR count). The monoisotopic (exact) mass is 284 g/mol. The molecule has 2 aromatic carbocycles. The van der Waals surface area contributed by atoms with Gasteiger partial charge in [0, 0.05) is 11.3 Å². The SMILES string of the molecule is CCc1cccc(C)c1NC(=O)c1ccc(OC)c(N)c1. The zero-order chi connectivity index (χ0) is 15.4. The van der Waals surface area contributed by atoms with Gasteiger partial charge in [0.05, 0.1) is 12.8 Å². The Labute approximate surface area is 124 Å². The number of amides is 1. The summed E-state index contributed by atoms with van der Waals surface area (Å²) >= 11 is 0. The minimum absolute atomic E-state index is 0.173. The molecule has 2 aromatic rings. The molecule has 0 aliphatic heterocycles. The van der Waals surface area contributed by atoms with Crippen LogP contribution in [0, 0.1) is 6.92 Å². The van der Waals surface area contributed by atoms with Gasteiger partial charge in [-0.05, 0) is 42.7 Å². The number of carbonyl (C=O) groups excluding carboxylic acids is 1. The highest BCUT2D eigenvalue weighted by Crippen LogP contribution is 2.25. The van der Waals surface area contributed by atoms with E-state index in [1.807, 2.05) is 25.1 Å². The van der Waals surface area contributed by atoms with Gasteiger partial charge in [0.1, 0.15) is 5.75 Å². The summed E-state index contributed by atoms with van der Waals surface area (Å²) in [5.74, 6) is 0.394. The average Bonchev–Trinajstić information content (AvgIpc) is 2.49. The van der Waals surface area contributed by atoms with Crippen LogP contribution in [0.1, 0.15) is 28.4 Å². The minimum Gasteiger partial charge on any atom is -0.495 e. The van der Waals surface area contributed by atoms with Gasteiger partial charge in [0.15, 0.2) is 0 Å². The van der Waals surface area contributed by atoms with Crippen molar-refractivity contribution in [3.63, 3.8) is 0 Å². The molecular formula is C17H20N2O2. The Morgan fingerprint density at radius 1 is 1.29 bits per heavy atom. The van der Waals surface area contributed by atoms with Gasteiger partial charge < -0.3 is 15.8 Å². The van der Waals surface area contributed by atoms with Crippen LogP contribution in [0.2, 0.25) is 0 Å². The number of ether oxygens (including phenoxy) is 1. The Morgan fingerprint density at radius 2 is 2.05 bits per heavy atom. The summed E-state index contributed by atoms with van der Waals surface area (Å²) < 4.78 is 5.10. The second kappa shape index (κ2) is 6.31. The molecule has 4 nitrogen and oxygen atoms in total. The Bertz CT molecular complexity index is 666. The molecule has 0 saturated heterocycles. The highest BCUT2D eigenvalue weighted by atomic mass is 16.5. The summed E-state index contributed by atoms with van der Waals surface area (Å²) in [5, 5.41) is 2.98. The van der Waals surface area contributed by atoms with Crippen LogP contribution < -0.4 is 15.8 Å². The van der Waals surface area contributed by atoms with E-state index >= 15 is 0 Å². The molecule has 21 heavy (non-hydrogen) atoms. The summed E-state index contributed by atoms with van der Waals surface area (Å²) in [7, 11) is 1.55. The van der Waals surface area contributed by atoms with E-state index in [-0.39, 0.29) is 5.91 Å². The van der Waals surface area contributed by atoms with Crippen LogP contribution in [-0.2, 0) is 6.42 Å². The predicted octanol–water partition coefficient (Wildman–Crippen LogP) is 3.40. The van der Waals surface area contributed by atoms with Gasteiger partial charge >= 0.3 is 0 Å². The molecule has 0 unspecified atom stereocenters. The maximum atomic E-state index is 12.4. The lowest BCUT2D eigenvalue weighted by Gasteiger charge is -2.13. The van der Waals surface area contributed by atoms with Crippen molar-refractivity contribution in [1.29, 1.82) is 0 Å². The number of nitrogens with one attached hydrogen (secondary N) is 1. The fraction of sp³-hybridized carbons (Fsp3) is 0.235. The van der Waals surface area contributed by atoms with Crippen LogP contribution in [0.25, 0.3) is 0 Å². The van der Waals surface area contributed by atoms with E-state index in [9.17, 15) is 4.79 Å². The third-order valence-corrected chi connectivity index (χ3v) is 3.47. The molecule has 0 spiro atoms. The van der Waals surface area contributed by atoms with Gasteiger partial charge in [-0.3, -0.25) is 4.79 Å². The largest absolute Gasteiger partial charge is 0.495 e. The Balaban J connectivity index is 2.28. The van der Waals surface area contributed by atoms with Crippen molar-refractivity contribution in [1.82, 2.24) is 0 Å². The molecule has 1 amide bonds. The zero-order valence-electron chi connectivity index (χ0n) is 12.6. The molecule has 0 saturated carbocycles. The van der Waals surface area contributed by atoms with E-state index in [0.717, 1.165) is 23.2 Å². The summed E-state index contributed by atoms with van der Waals surface area (Å²) in [5.41, 5.74) is 9.84. The summed E-state index contributed by atoms with van der Waals surface area (Å²) in [6.45, 7) is 4.05. The van der Waals surface area contributed by atoms with Gasteiger partial charge in [-0.25, -0.2) is 0 Å². The molecule has 0 fully saturated rings. The smallest absolute Gasteiger partial charge is 0.255 e. The quantitative estimate of drug-likeness (QED) is 0.846. The first-order chi connectivity index (χ1) is 10.1. The number of methoxy groups -OCH3 is 1. The number of hydrogen-bond acceptors (Lipinski definition) is 3. The third-order valence-electron chi connectivity index (χ3n) is 3.47. The average molecular weight is 284 g/mol. The number of carbonyl (C=O) groups is 1. The van der Waals surface area contributed by atoms with Crippen molar-refractivity contribution in [2.24, 2.45) is 0 Å². The molecule has 0 atom stereocenters. The normalized spacial score (nSPS) is 10.2. The van der Waals surface area contributed by atoms with E-state index in [1.54, 1.807) is 25.3 Å². The molecular weight excluding hydrogens is 264 g/mol. The molecule has 3 N–H and O–H groups in total. The summed E-state index contributed by atoms with van der Waals surface area (Å²) in [4.78, 5) is 12.4. The van der Waals surface area contributed by atoms with Gasteiger partial charge in [0.25, 0.3) is 5.91 Å². The first-order valence-electron chi connectivity index (χ1n) is 6.90. The second-order valence-electron chi connectivity index (χ2n) is 4.87. The lowest BCUT2D eigenvalue weighted by Crippen LogP contribution is -2.14. The summed E-state index contributed by atoms with van der Waals surface area (Å²) in [6.07, 6.45) is 0.863. The van der Waals surface area contributed by atoms with Gasteiger partial charge in [-0.2, -0.15) is 0 Å². The van der Waals surface area contributed by atoms with Crippen LogP contribution in [0.4, 0.5) is 11.4 Å². The minimum atomic E-state index is -0.173. The van der Waals surface area contributed by atoms with E-state index in [0.29, 0.717) is 17.0 Å². The molecule has 0 heterocycles. The number of rotatable bonds is 4. The number of nitrogens with two attached hydrogens (primary N) is 1. The van der Waals surface area contributed by atoms with E-state index in [2.05, 4.69) is 12.2 Å². The van der Waals surface area contributed by atoms with Crippen LogP contribution in [0.5, 0.6) is 5.75 Å². The second-order valence-corrected chi connectivity index (χ2v) is 4.87. The number of para-hydroxylation sites is 1. The lowest BCUT2D eigenvalue weighted by molar-refractivity contribution is 0.102. The molecule has 0 aliphatic carbocycles. The van der Waals surface area contributed by atoms with E-state index in [1.165, 1.54) is 0 Å². The van der Waals surface area contributed by atoms with Crippen molar-refractivity contribution < 1.29 is 9.53 Å². The summed E-state index contributed by atoms with van der Waals surface area (Å²) in [6, 6.07) is 11.0. The van der Waals surface area contributed by atoms with Gasteiger partial charge in [-0.1, -0.05) is 25.1 Å². The van der Waals surface area contributed by atoms with Crippen molar-refractivity contribution in [2.45, 2.75) is 20.3 Å². The molecule has 4 heteroatoms. The Morgan fingerprint density at radius 3 is 2.67 bits per heavy atom. The van der Waals surface area contributed by atoms with Gasteiger partial charge in [-0.15, -0.1) is 0 Å². The maximum absolute atomic E-state index is 12.4. The van der Waals surface area contributed by atoms with Crippen molar-refractivity contribution in [3.8, 4) is 5.75 Å². The zero-order valence-corrected chi connectivity index (χ0v) is 12.6. The number of anilines is 2. The first-order valence-corrected chi connectivity index (χ1v) is 6.90. The van der Waals surface area contributed by atoms with Crippen molar-refractivity contribution >= 4 is 17.3 Å². The predicted molar refractivity (Wildman–Crippen MR) is 85.9 cm³/mol. The Kier molecular flexibility index (Phi) is 4.48. The van der Waals surface area contributed by atoms with E-state index < -0.39 is 0 Å². The lowest BCUT2D eigenvalue weighted by atomic mass is 10.1. The molecule has 0 aliphatic rings. The number of aryl methyl sites for hydroxylation is 2. The number of hydrogen-bond donors (Lipinski definition) is 2. The number of nitrogen functional groups attached to an aromatic ring is 1. The highest BCUT2D eigenvalue weighted by molar-refractivity contribution is 6.05. The van der Waals surface area contributed by atoms with E-state index in [4.69, 9.17) is 10.5 Å². The van der Waals surface area contributed by atoms with Crippen molar-refractivity contribution in [2.75, 3.05) is 18.2 Å². The van der Waals surface area contributed by atoms with Crippen molar-refractivity contribution in [3.05, 3.63) is 53.1 Å². The number of benzene rings is 2. The molecule has 0 radical (unpaired) electrons. The van der Waals surface area contributed by atoms with Gasteiger partial charge in [0.2, 0.25) is 0 Å².